The van der Waals surface area contributed by atoms with Crippen molar-refractivity contribution in [2.24, 2.45) is 4.99 Å². The van der Waals surface area contributed by atoms with Crippen molar-refractivity contribution in [3.8, 4) is 0 Å². The van der Waals surface area contributed by atoms with E-state index in [2.05, 4.69) is 20.9 Å². The highest BCUT2D eigenvalue weighted by Gasteiger charge is 2.18. The van der Waals surface area contributed by atoms with Crippen molar-refractivity contribution < 1.29 is 9.00 Å². The molecule has 1 aromatic carbocycles. The van der Waals surface area contributed by atoms with Gasteiger partial charge in [-0.1, -0.05) is 12.1 Å². The smallest absolute Gasteiger partial charge is 0.251 e. The van der Waals surface area contributed by atoms with Crippen LogP contribution in [0, 0.1) is 0 Å². The highest BCUT2D eigenvalue weighted by atomic mass is 127. The Morgan fingerprint density at radius 3 is 2.52 bits per heavy atom. The number of halogens is 1. The predicted octanol–water partition coefficient (Wildman–Crippen LogP) is 2.31. The van der Waals surface area contributed by atoms with Gasteiger partial charge in [0.25, 0.3) is 5.91 Å². The molecule has 0 spiro atoms. The first kappa shape index (κ1) is 25.8. The predicted molar refractivity (Wildman–Crippen MR) is 126 cm³/mol. The molecule has 0 saturated carbocycles. The molecule has 1 aromatic rings. The van der Waals surface area contributed by atoms with Crippen molar-refractivity contribution in [3.05, 3.63) is 35.4 Å². The topological polar surface area (TPSA) is 82.6 Å². The van der Waals surface area contributed by atoms with E-state index in [0.717, 1.165) is 24.5 Å². The van der Waals surface area contributed by atoms with Crippen molar-refractivity contribution in [1.29, 1.82) is 0 Å². The number of hydrogen-bond donors (Lipinski definition) is 3. The van der Waals surface area contributed by atoms with Crippen LogP contribution in [0.2, 0.25) is 0 Å². The zero-order chi connectivity index (χ0) is 19.6. The molecular weight excluding hydrogens is 475 g/mol. The van der Waals surface area contributed by atoms with Gasteiger partial charge >= 0.3 is 0 Å². The highest BCUT2D eigenvalue weighted by Crippen LogP contribution is 2.10. The van der Waals surface area contributed by atoms with Gasteiger partial charge in [0.1, 0.15) is 0 Å². The van der Waals surface area contributed by atoms with Crippen LogP contribution in [-0.2, 0) is 17.2 Å². The first-order valence-corrected chi connectivity index (χ1v) is 10.3. The Balaban J connectivity index is 0.00000676. The van der Waals surface area contributed by atoms with Crippen molar-refractivity contribution >= 4 is 46.6 Å². The zero-order valence-corrected chi connectivity index (χ0v) is 20.1. The van der Waals surface area contributed by atoms with Gasteiger partial charge in [-0.05, 0) is 51.8 Å². The number of carbonyl (C=O) groups is 1. The minimum Gasteiger partial charge on any atom is -0.357 e. The summed E-state index contributed by atoms with van der Waals surface area (Å²) in [4.78, 5) is 16.2. The lowest BCUT2D eigenvalue weighted by Crippen LogP contribution is -2.38. The number of rotatable bonds is 8. The lowest BCUT2D eigenvalue weighted by Gasteiger charge is -2.17. The second-order valence-electron chi connectivity index (χ2n) is 6.88. The Bertz CT molecular complexity index is 645. The molecule has 27 heavy (non-hydrogen) atoms. The van der Waals surface area contributed by atoms with Gasteiger partial charge in [0, 0.05) is 47.0 Å². The average molecular weight is 508 g/mol. The summed E-state index contributed by atoms with van der Waals surface area (Å²) >= 11 is 0. The highest BCUT2D eigenvalue weighted by molar-refractivity contribution is 14.0. The fourth-order valence-electron chi connectivity index (χ4n) is 2.23. The summed E-state index contributed by atoms with van der Waals surface area (Å²) in [6.45, 7) is 9.92. The van der Waals surface area contributed by atoms with Crippen LogP contribution >= 0.6 is 24.0 Å². The van der Waals surface area contributed by atoms with E-state index in [-0.39, 0.29) is 34.6 Å². The Kier molecular flexibility index (Phi) is 12.5. The number of guanidine groups is 1. The van der Waals surface area contributed by atoms with Crippen LogP contribution in [0.15, 0.2) is 29.3 Å². The molecule has 154 valence electrons. The van der Waals surface area contributed by atoms with E-state index >= 15 is 0 Å². The summed E-state index contributed by atoms with van der Waals surface area (Å²) in [5.41, 5.74) is 1.75. The second-order valence-corrected chi connectivity index (χ2v) is 9.20. The first-order valence-electron chi connectivity index (χ1n) is 8.99. The molecule has 0 fully saturated rings. The molecule has 0 heterocycles. The zero-order valence-electron chi connectivity index (χ0n) is 16.9. The summed E-state index contributed by atoms with van der Waals surface area (Å²) in [5.74, 6) is 1.19. The summed E-state index contributed by atoms with van der Waals surface area (Å²) in [5, 5.41) is 9.11. The Morgan fingerprint density at radius 2 is 1.93 bits per heavy atom. The van der Waals surface area contributed by atoms with Crippen LogP contribution in [-0.4, -0.2) is 53.3 Å². The summed E-state index contributed by atoms with van der Waals surface area (Å²) in [7, 11) is 0.726. The molecule has 0 bridgehead atoms. The van der Waals surface area contributed by atoms with Crippen LogP contribution < -0.4 is 16.0 Å². The largest absolute Gasteiger partial charge is 0.357 e. The summed E-state index contributed by atoms with van der Waals surface area (Å²) in [6.07, 6.45) is 0.781. The molecule has 0 radical (unpaired) electrons. The molecule has 6 nitrogen and oxygen atoms in total. The average Bonchev–Trinajstić information content (AvgIpc) is 2.60. The molecule has 0 aliphatic carbocycles. The van der Waals surface area contributed by atoms with E-state index in [1.807, 2.05) is 45.9 Å². The number of benzene rings is 1. The number of hydrogen-bond acceptors (Lipinski definition) is 3. The number of carbonyl (C=O) groups excluding carboxylic acids is 1. The van der Waals surface area contributed by atoms with Gasteiger partial charge in [-0.2, -0.15) is 0 Å². The van der Waals surface area contributed by atoms with E-state index in [1.165, 1.54) is 0 Å². The Morgan fingerprint density at radius 1 is 1.22 bits per heavy atom. The van der Waals surface area contributed by atoms with E-state index < -0.39 is 10.8 Å². The molecule has 0 aliphatic heterocycles. The maximum Gasteiger partial charge on any atom is 0.251 e. The lowest BCUT2D eigenvalue weighted by molar-refractivity contribution is 0.0963. The molecule has 3 N–H and O–H groups in total. The monoisotopic (exact) mass is 508 g/mol. The third-order valence-electron chi connectivity index (χ3n) is 3.70. The van der Waals surface area contributed by atoms with Gasteiger partial charge in [0.2, 0.25) is 0 Å². The van der Waals surface area contributed by atoms with Crippen molar-refractivity contribution in [1.82, 2.24) is 16.0 Å². The fraction of sp³-hybridized carbons (Fsp3) is 0.579. The Labute approximate surface area is 182 Å². The third kappa shape index (κ3) is 10.1. The van der Waals surface area contributed by atoms with E-state index in [0.29, 0.717) is 24.4 Å². The normalized spacial score (nSPS) is 12.7. The second kappa shape index (κ2) is 13.1. The maximum absolute atomic E-state index is 12.1. The van der Waals surface area contributed by atoms with E-state index in [9.17, 15) is 9.00 Å². The Hall–Kier alpha value is -1.16. The first-order chi connectivity index (χ1) is 12.3. The molecule has 1 rings (SSSR count). The molecule has 1 unspecified atom stereocenters. The molecule has 8 heteroatoms. The molecular formula is C19H33IN4O2S. The van der Waals surface area contributed by atoms with Crippen molar-refractivity contribution in [3.63, 3.8) is 0 Å². The van der Waals surface area contributed by atoms with Gasteiger partial charge in [0.05, 0.1) is 6.54 Å². The number of nitrogens with one attached hydrogen (secondary N) is 3. The van der Waals surface area contributed by atoms with Crippen LogP contribution in [0.4, 0.5) is 0 Å². The van der Waals surface area contributed by atoms with Crippen molar-refractivity contribution in [2.45, 2.75) is 38.9 Å². The van der Waals surface area contributed by atoms with Crippen LogP contribution in [0.1, 0.15) is 43.6 Å². The number of nitrogens with zero attached hydrogens (tertiary/aromatic N) is 1. The SMILES string of the molecule is CCNC(=NCCS(=O)C(C)(C)C)NCCc1cccc(C(=O)NC)c1.I. The van der Waals surface area contributed by atoms with Crippen LogP contribution in [0.5, 0.6) is 0 Å². The van der Waals surface area contributed by atoms with Gasteiger partial charge in [-0.15, -0.1) is 24.0 Å². The van der Waals surface area contributed by atoms with Crippen molar-refractivity contribution in [2.75, 3.05) is 32.4 Å². The quantitative estimate of drug-likeness (QED) is 0.286. The third-order valence-corrected chi connectivity index (χ3v) is 5.62. The lowest BCUT2D eigenvalue weighted by atomic mass is 10.1. The van der Waals surface area contributed by atoms with Gasteiger partial charge in [-0.25, -0.2) is 0 Å². The van der Waals surface area contributed by atoms with Crippen LogP contribution in [0.25, 0.3) is 0 Å². The summed E-state index contributed by atoms with van der Waals surface area (Å²) in [6, 6.07) is 7.60. The van der Waals surface area contributed by atoms with Gasteiger partial charge < -0.3 is 16.0 Å². The molecule has 0 aromatic heterocycles. The van der Waals surface area contributed by atoms with E-state index in [4.69, 9.17) is 0 Å². The maximum atomic E-state index is 12.1. The number of aliphatic imine (C=N–C) groups is 1. The molecule has 1 atom stereocenters. The molecule has 1 amide bonds. The minimum absolute atomic E-state index is 0. The molecule has 0 aliphatic rings. The summed E-state index contributed by atoms with van der Waals surface area (Å²) < 4.78 is 11.9. The van der Waals surface area contributed by atoms with E-state index in [1.54, 1.807) is 13.1 Å². The minimum atomic E-state index is -0.902. The molecule has 0 saturated heterocycles. The van der Waals surface area contributed by atoms with Crippen LogP contribution in [0.3, 0.4) is 0 Å². The fourth-order valence-corrected chi connectivity index (χ4v) is 3.10. The van der Waals surface area contributed by atoms with Gasteiger partial charge in [0.15, 0.2) is 5.96 Å². The number of amides is 1. The standard InChI is InChI=1S/C19H32N4O2S.HI/c1-6-21-18(23-12-13-26(25)19(2,3)4)22-11-10-15-8-7-9-16(14-15)17(24)20-5;/h7-9,14H,6,10-13H2,1-5H3,(H,20,24)(H2,21,22,23);1H. The van der Waals surface area contributed by atoms with Gasteiger partial charge in [-0.3, -0.25) is 14.0 Å².